The number of hydrogen-bond acceptors (Lipinski definition) is 5. The lowest BCUT2D eigenvalue weighted by atomic mass is 10.2. The van der Waals surface area contributed by atoms with Crippen LogP contribution in [0.3, 0.4) is 0 Å². The summed E-state index contributed by atoms with van der Waals surface area (Å²) >= 11 is 3.42. The second-order valence-electron chi connectivity index (χ2n) is 9.41. The Morgan fingerprint density at radius 1 is 1.10 bits per heavy atom. The van der Waals surface area contributed by atoms with Gasteiger partial charge in [0.15, 0.2) is 6.61 Å². The van der Waals surface area contributed by atoms with Crippen LogP contribution in [-0.4, -0.2) is 33.0 Å². The highest BCUT2D eigenvalue weighted by molar-refractivity contribution is 9.10. The lowest BCUT2D eigenvalue weighted by molar-refractivity contribution is -0.118. The van der Waals surface area contributed by atoms with Crippen molar-refractivity contribution < 1.29 is 13.9 Å². The first-order valence-corrected chi connectivity index (χ1v) is 13.8. The molecular formula is C31H27BrFN5O3. The molecule has 0 saturated carbocycles. The van der Waals surface area contributed by atoms with Crippen molar-refractivity contribution in [1.29, 1.82) is 0 Å². The Morgan fingerprint density at radius 3 is 2.61 bits per heavy atom. The molecule has 0 radical (unpaired) electrons. The number of anilines is 1. The van der Waals surface area contributed by atoms with Gasteiger partial charge in [0.1, 0.15) is 17.4 Å². The highest BCUT2D eigenvalue weighted by Gasteiger charge is 2.13. The largest absolute Gasteiger partial charge is 0.484 e. The molecule has 0 spiro atoms. The van der Waals surface area contributed by atoms with Crippen molar-refractivity contribution in [3.63, 3.8) is 0 Å². The smallest absolute Gasteiger partial charge is 0.282 e. The quantitative estimate of drug-likeness (QED) is 0.211. The molecule has 41 heavy (non-hydrogen) atoms. The van der Waals surface area contributed by atoms with Gasteiger partial charge in [-0.3, -0.25) is 9.59 Å². The number of rotatable bonds is 8. The van der Waals surface area contributed by atoms with Crippen molar-refractivity contribution in [3.8, 4) is 11.4 Å². The maximum Gasteiger partial charge on any atom is 0.282 e. The number of nitrogens with zero attached hydrogens (tertiary/aromatic N) is 4. The normalized spacial score (nSPS) is 11.3. The van der Waals surface area contributed by atoms with Gasteiger partial charge in [-0.25, -0.2) is 9.37 Å². The van der Waals surface area contributed by atoms with Gasteiger partial charge in [0.05, 0.1) is 17.1 Å². The van der Waals surface area contributed by atoms with E-state index in [1.54, 1.807) is 30.5 Å². The average Bonchev–Trinajstić information content (AvgIpc) is 3.24. The molecule has 0 aliphatic rings. The first-order chi connectivity index (χ1) is 19.7. The van der Waals surface area contributed by atoms with E-state index < -0.39 is 5.82 Å². The molecule has 3 aromatic carbocycles. The number of ether oxygens (including phenoxy) is 1. The predicted molar refractivity (Wildman–Crippen MR) is 162 cm³/mol. The van der Waals surface area contributed by atoms with Gasteiger partial charge in [0, 0.05) is 39.2 Å². The fourth-order valence-electron chi connectivity index (χ4n) is 4.58. The maximum atomic E-state index is 13.3. The molecule has 0 bridgehead atoms. The molecule has 5 rings (SSSR count). The molecule has 8 nitrogen and oxygen atoms in total. The predicted octanol–water partition coefficient (Wildman–Crippen LogP) is 6.17. The van der Waals surface area contributed by atoms with Crippen LogP contribution in [0, 0.1) is 19.7 Å². The lowest BCUT2D eigenvalue weighted by Gasteiger charge is -2.12. The second kappa shape index (κ2) is 11.9. The molecule has 2 heterocycles. The summed E-state index contributed by atoms with van der Waals surface area (Å²) in [7, 11) is 0. The standard InChI is InChI=1S/C31H27BrFN5O3/c1-4-29-36-28-13-8-22(32)15-27(28)31(40)38(29)34-17-21-14-19(2)37(20(21)3)25-9-11-26(12-10-25)41-18-30(39)35-24-7-5-6-23(33)16-24/h5-17H,4,18H2,1-3H3,(H,35,39). The van der Waals surface area contributed by atoms with E-state index in [0.717, 1.165) is 27.1 Å². The number of fused-ring (bicyclic) bond motifs is 1. The zero-order valence-corrected chi connectivity index (χ0v) is 24.3. The number of hydrogen-bond donors (Lipinski definition) is 1. The van der Waals surface area contributed by atoms with Gasteiger partial charge in [-0.1, -0.05) is 28.9 Å². The highest BCUT2D eigenvalue weighted by Crippen LogP contribution is 2.23. The number of carbonyl (C=O) groups excluding carboxylic acids is 1. The molecule has 0 atom stereocenters. The summed E-state index contributed by atoms with van der Waals surface area (Å²) in [4.78, 5) is 30.0. The van der Waals surface area contributed by atoms with Gasteiger partial charge in [0.2, 0.25) is 0 Å². The van der Waals surface area contributed by atoms with E-state index in [2.05, 4.69) is 35.9 Å². The molecule has 1 amide bonds. The Labute approximate surface area is 244 Å². The van der Waals surface area contributed by atoms with Crippen LogP contribution in [0.25, 0.3) is 16.6 Å². The summed E-state index contributed by atoms with van der Waals surface area (Å²) in [5.74, 6) is 0.285. The van der Waals surface area contributed by atoms with E-state index in [9.17, 15) is 14.0 Å². The van der Waals surface area contributed by atoms with E-state index in [4.69, 9.17) is 4.74 Å². The fourth-order valence-corrected chi connectivity index (χ4v) is 4.94. The Bertz CT molecular complexity index is 1840. The minimum Gasteiger partial charge on any atom is -0.484 e. The van der Waals surface area contributed by atoms with Crippen molar-refractivity contribution >= 4 is 44.6 Å². The lowest BCUT2D eigenvalue weighted by Crippen LogP contribution is -2.22. The van der Waals surface area contributed by atoms with Gasteiger partial charge in [-0.15, -0.1) is 0 Å². The molecule has 10 heteroatoms. The molecule has 5 aromatic rings. The van der Waals surface area contributed by atoms with Crippen LogP contribution in [0.1, 0.15) is 29.7 Å². The first-order valence-electron chi connectivity index (χ1n) is 13.0. The van der Waals surface area contributed by atoms with Crippen LogP contribution < -0.4 is 15.6 Å². The van der Waals surface area contributed by atoms with Gasteiger partial charge in [-0.2, -0.15) is 9.78 Å². The number of nitrogens with one attached hydrogen (secondary N) is 1. The molecule has 208 valence electrons. The van der Waals surface area contributed by atoms with Crippen LogP contribution >= 0.6 is 15.9 Å². The molecule has 1 N–H and O–H groups in total. The van der Waals surface area contributed by atoms with Crippen molar-refractivity contribution in [2.24, 2.45) is 5.10 Å². The number of aromatic nitrogens is 3. The molecule has 2 aromatic heterocycles. The summed E-state index contributed by atoms with van der Waals surface area (Å²) in [6.45, 7) is 5.70. The Morgan fingerprint density at radius 2 is 1.88 bits per heavy atom. The maximum absolute atomic E-state index is 13.3. The van der Waals surface area contributed by atoms with Crippen LogP contribution in [0.4, 0.5) is 10.1 Å². The third-order valence-electron chi connectivity index (χ3n) is 6.55. The number of aryl methyl sites for hydroxylation is 2. The van der Waals surface area contributed by atoms with E-state index in [1.165, 1.54) is 22.9 Å². The molecule has 0 aliphatic heterocycles. The van der Waals surface area contributed by atoms with Crippen LogP contribution in [-0.2, 0) is 11.2 Å². The van der Waals surface area contributed by atoms with E-state index in [-0.39, 0.29) is 18.1 Å². The highest BCUT2D eigenvalue weighted by atomic mass is 79.9. The average molecular weight is 616 g/mol. The number of carbonyl (C=O) groups is 1. The van der Waals surface area contributed by atoms with Crippen molar-refractivity contribution in [2.45, 2.75) is 27.2 Å². The number of benzene rings is 3. The first kappa shape index (κ1) is 28.0. The van der Waals surface area contributed by atoms with Gasteiger partial charge in [0.25, 0.3) is 11.5 Å². The van der Waals surface area contributed by atoms with E-state index in [0.29, 0.717) is 34.6 Å². The van der Waals surface area contributed by atoms with Crippen LogP contribution in [0.2, 0.25) is 0 Å². The SMILES string of the molecule is CCc1nc2ccc(Br)cc2c(=O)n1N=Cc1cc(C)n(-c2ccc(OCC(=O)Nc3cccc(F)c3)cc2)c1C. The summed E-state index contributed by atoms with van der Waals surface area (Å²) in [6, 6.07) is 20.5. The van der Waals surface area contributed by atoms with Gasteiger partial charge < -0.3 is 14.6 Å². The Balaban J connectivity index is 1.33. The number of halogens is 2. The monoisotopic (exact) mass is 615 g/mol. The third-order valence-corrected chi connectivity index (χ3v) is 7.04. The molecule has 0 saturated heterocycles. The Kier molecular flexibility index (Phi) is 8.11. The van der Waals surface area contributed by atoms with Crippen LogP contribution in [0.5, 0.6) is 5.75 Å². The summed E-state index contributed by atoms with van der Waals surface area (Å²) in [5, 5.41) is 7.63. The van der Waals surface area contributed by atoms with E-state index >= 15 is 0 Å². The zero-order chi connectivity index (χ0) is 29.1. The summed E-state index contributed by atoms with van der Waals surface area (Å²) in [6.07, 6.45) is 2.23. The van der Waals surface area contributed by atoms with Crippen molar-refractivity contribution in [1.82, 2.24) is 14.2 Å². The summed E-state index contributed by atoms with van der Waals surface area (Å²) < 4.78 is 23.2. The molecule has 0 fully saturated rings. The van der Waals surface area contributed by atoms with Gasteiger partial charge >= 0.3 is 0 Å². The third kappa shape index (κ3) is 6.12. The van der Waals surface area contributed by atoms with E-state index in [1.807, 2.05) is 51.1 Å². The molecule has 0 aliphatic carbocycles. The minimum atomic E-state index is -0.428. The minimum absolute atomic E-state index is 0.211. The Hall–Kier alpha value is -4.57. The number of amides is 1. The van der Waals surface area contributed by atoms with Crippen molar-refractivity contribution in [2.75, 3.05) is 11.9 Å². The van der Waals surface area contributed by atoms with Crippen molar-refractivity contribution in [3.05, 3.63) is 116 Å². The molecule has 0 unspecified atom stereocenters. The second-order valence-corrected chi connectivity index (χ2v) is 10.3. The zero-order valence-electron chi connectivity index (χ0n) is 22.7. The topological polar surface area (TPSA) is 90.5 Å². The van der Waals surface area contributed by atoms with Crippen LogP contribution in [0.15, 0.2) is 87.2 Å². The van der Waals surface area contributed by atoms with Gasteiger partial charge in [-0.05, 0) is 80.6 Å². The fraction of sp³-hybridized carbons (Fsp3) is 0.161. The summed E-state index contributed by atoms with van der Waals surface area (Å²) in [5.41, 5.74) is 4.47. The molecular weight excluding hydrogens is 589 g/mol.